The van der Waals surface area contributed by atoms with E-state index in [0.29, 0.717) is 32.6 Å². The Hall–Kier alpha value is -3.43. The molecule has 0 radical (unpaired) electrons. The van der Waals surface area contributed by atoms with Gasteiger partial charge in [-0.3, -0.25) is 9.59 Å². The standard InChI is InChI=1S/C27H23Br2N3O4/c1-2-19-10-6-7-11-22(19)30-24(33)15-32-26(34)23(31-27(32)35)14-18-12-20(28)25(21(29)13-18)36-16-17-8-4-3-5-9-17/h3-14H,2,15-16H2,1H3,(H,30,33)(H,31,35)/b23-14+. The summed E-state index contributed by atoms with van der Waals surface area (Å²) in [5, 5.41) is 5.33. The highest BCUT2D eigenvalue weighted by molar-refractivity contribution is 9.11. The maximum absolute atomic E-state index is 12.9. The second kappa shape index (κ2) is 11.5. The number of imide groups is 1. The molecule has 3 aromatic carbocycles. The minimum atomic E-state index is -0.647. The lowest BCUT2D eigenvalue weighted by Gasteiger charge is -2.13. The van der Waals surface area contributed by atoms with Gasteiger partial charge in [-0.05, 0) is 79.2 Å². The lowest BCUT2D eigenvalue weighted by molar-refractivity contribution is -0.127. The molecule has 1 heterocycles. The van der Waals surface area contributed by atoms with Gasteiger partial charge in [-0.25, -0.2) is 9.69 Å². The van der Waals surface area contributed by atoms with Crippen LogP contribution in [0.3, 0.4) is 0 Å². The molecule has 4 rings (SSSR count). The first kappa shape index (κ1) is 25.7. The van der Waals surface area contributed by atoms with Crippen LogP contribution in [0.2, 0.25) is 0 Å². The number of ether oxygens (including phenoxy) is 1. The second-order valence-electron chi connectivity index (χ2n) is 8.03. The number of carbonyl (C=O) groups excluding carboxylic acids is 3. The summed E-state index contributed by atoms with van der Waals surface area (Å²) in [6.07, 6.45) is 2.30. The van der Waals surface area contributed by atoms with Gasteiger partial charge in [0.05, 0.1) is 8.95 Å². The molecule has 0 spiro atoms. The molecule has 9 heteroatoms. The number of rotatable bonds is 8. The van der Waals surface area contributed by atoms with Crippen molar-refractivity contribution in [2.75, 3.05) is 11.9 Å². The largest absolute Gasteiger partial charge is 0.487 e. The SMILES string of the molecule is CCc1ccccc1NC(=O)CN1C(=O)N/C(=C/c2cc(Br)c(OCc3ccccc3)c(Br)c2)C1=O. The fraction of sp³-hybridized carbons (Fsp3) is 0.148. The van der Waals surface area contributed by atoms with E-state index in [9.17, 15) is 14.4 Å². The predicted molar refractivity (Wildman–Crippen MR) is 145 cm³/mol. The first-order chi connectivity index (χ1) is 17.4. The number of amides is 4. The monoisotopic (exact) mass is 611 g/mol. The van der Waals surface area contributed by atoms with E-state index in [-0.39, 0.29) is 12.2 Å². The van der Waals surface area contributed by atoms with Crippen molar-refractivity contribution in [2.24, 2.45) is 0 Å². The van der Waals surface area contributed by atoms with Crippen LogP contribution in [0.15, 0.2) is 81.4 Å². The van der Waals surface area contributed by atoms with Gasteiger partial charge in [0.25, 0.3) is 5.91 Å². The van der Waals surface area contributed by atoms with Gasteiger partial charge in [0.2, 0.25) is 5.91 Å². The fourth-order valence-electron chi connectivity index (χ4n) is 3.70. The van der Waals surface area contributed by atoms with Crippen LogP contribution < -0.4 is 15.4 Å². The van der Waals surface area contributed by atoms with Gasteiger partial charge in [0.15, 0.2) is 0 Å². The van der Waals surface area contributed by atoms with Crippen molar-refractivity contribution >= 4 is 61.5 Å². The van der Waals surface area contributed by atoms with E-state index in [0.717, 1.165) is 22.4 Å². The van der Waals surface area contributed by atoms with Crippen LogP contribution in [0.25, 0.3) is 6.08 Å². The number of nitrogens with zero attached hydrogens (tertiary/aromatic N) is 1. The molecule has 36 heavy (non-hydrogen) atoms. The summed E-state index contributed by atoms with van der Waals surface area (Å²) in [7, 11) is 0. The Kier molecular flexibility index (Phi) is 8.22. The Labute approximate surface area is 225 Å². The highest BCUT2D eigenvalue weighted by atomic mass is 79.9. The number of aryl methyl sites for hydroxylation is 1. The third-order valence-corrected chi connectivity index (χ3v) is 6.67. The number of hydrogen-bond acceptors (Lipinski definition) is 4. The minimum Gasteiger partial charge on any atom is -0.487 e. The van der Waals surface area contributed by atoms with Crippen molar-refractivity contribution in [1.29, 1.82) is 0 Å². The Morgan fingerprint density at radius 1 is 1.03 bits per heavy atom. The molecule has 1 fully saturated rings. The molecule has 0 unspecified atom stereocenters. The number of para-hydroxylation sites is 1. The zero-order chi connectivity index (χ0) is 25.7. The Morgan fingerprint density at radius 2 is 1.69 bits per heavy atom. The molecule has 7 nitrogen and oxygen atoms in total. The number of urea groups is 1. The van der Waals surface area contributed by atoms with E-state index in [1.54, 1.807) is 24.3 Å². The van der Waals surface area contributed by atoms with Crippen molar-refractivity contribution in [3.8, 4) is 5.75 Å². The summed E-state index contributed by atoms with van der Waals surface area (Å²) in [6.45, 7) is 1.99. The number of anilines is 1. The van der Waals surface area contributed by atoms with E-state index in [2.05, 4.69) is 42.5 Å². The number of benzene rings is 3. The molecule has 0 saturated carbocycles. The second-order valence-corrected chi connectivity index (χ2v) is 9.73. The van der Waals surface area contributed by atoms with Gasteiger partial charge in [-0.2, -0.15) is 0 Å². The Balaban J connectivity index is 1.44. The van der Waals surface area contributed by atoms with Gasteiger partial charge in [0, 0.05) is 5.69 Å². The summed E-state index contributed by atoms with van der Waals surface area (Å²) >= 11 is 7.03. The van der Waals surface area contributed by atoms with Crippen LogP contribution in [0, 0.1) is 0 Å². The molecule has 4 amide bonds. The average Bonchev–Trinajstić information content (AvgIpc) is 3.11. The maximum Gasteiger partial charge on any atom is 0.329 e. The van der Waals surface area contributed by atoms with Crippen LogP contribution in [0.5, 0.6) is 5.75 Å². The van der Waals surface area contributed by atoms with Gasteiger partial charge in [-0.1, -0.05) is 55.5 Å². The van der Waals surface area contributed by atoms with Crippen LogP contribution in [-0.4, -0.2) is 29.3 Å². The quantitative estimate of drug-likeness (QED) is 0.245. The number of nitrogens with one attached hydrogen (secondary N) is 2. The van der Waals surface area contributed by atoms with Crippen LogP contribution in [-0.2, 0) is 22.6 Å². The molecule has 0 atom stereocenters. The van der Waals surface area contributed by atoms with Crippen molar-refractivity contribution in [1.82, 2.24) is 10.2 Å². The number of carbonyl (C=O) groups is 3. The minimum absolute atomic E-state index is 0.0820. The molecular weight excluding hydrogens is 590 g/mol. The van der Waals surface area contributed by atoms with Gasteiger partial charge in [0.1, 0.15) is 24.6 Å². The third-order valence-electron chi connectivity index (χ3n) is 5.49. The molecular formula is C27H23Br2N3O4. The topological polar surface area (TPSA) is 87.7 Å². The third kappa shape index (κ3) is 6.03. The molecule has 1 aliphatic heterocycles. The fourth-order valence-corrected chi connectivity index (χ4v) is 5.15. The lowest BCUT2D eigenvalue weighted by atomic mass is 10.1. The summed E-state index contributed by atoms with van der Waals surface area (Å²) in [5.41, 5.74) is 3.41. The first-order valence-corrected chi connectivity index (χ1v) is 12.8. The Morgan fingerprint density at radius 3 is 2.39 bits per heavy atom. The van der Waals surface area contributed by atoms with Crippen LogP contribution >= 0.6 is 31.9 Å². The summed E-state index contributed by atoms with van der Waals surface area (Å²) < 4.78 is 7.30. The molecule has 0 bridgehead atoms. The van der Waals surface area contributed by atoms with Crippen molar-refractivity contribution < 1.29 is 19.1 Å². The van der Waals surface area contributed by atoms with Gasteiger partial charge in [-0.15, -0.1) is 0 Å². The molecule has 3 aromatic rings. The number of hydrogen-bond donors (Lipinski definition) is 2. The number of halogens is 2. The van der Waals surface area contributed by atoms with E-state index >= 15 is 0 Å². The molecule has 1 aliphatic rings. The van der Waals surface area contributed by atoms with Crippen molar-refractivity contribution in [2.45, 2.75) is 20.0 Å². The smallest absolute Gasteiger partial charge is 0.329 e. The van der Waals surface area contributed by atoms with E-state index < -0.39 is 17.8 Å². The normalized spacial score (nSPS) is 14.2. The lowest BCUT2D eigenvalue weighted by Crippen LogP contribution is -2.38. The zero-order valence-electron chi connectivity index (χ0n) is 19.4. The molecule has 2 N–H and O–H groups in total. The summed E-state index contributed by atoms with van der Waals surface area (Å²) in [6, 6.07) is 20.1. The summed E-state index contributed by atoms with van der Waals surface area (Å²) in [5.74, 6) is -0.407. The van der Waals surface area contributed by atoms with Crippen LogP contribution in [0.4, 0.5) is 10.5 Å². The highest BCUT2D eigenvalue weighted by Gasteiger charge is 2.35. The van der Waals surface area contributed by atoms with Crippen molar-refractivity contribution in [3.05, 3.63) is 98.1 Å². The van der Waals surface area contributed by atoms with E-state index in [1.165, 1.54) is 0 Å². The van der Waals surface area contributed by atoms with E-state index in [4.69, 9.17) is 4.74 Å². The molecule has 0 aliphatic carbocycles. The van der Waals surface area contributed by atoms with E-state index in [1.807, 2.05) is 55.5 Å². The van der Waals surface area contributed by atoms with Crippen LogP contribution in [0.1, 0.15) is 23.6 Å². The van der Waals surface area contributed by atoms with Gasteiger partial charge >= 0.3 is 6.03 Å². The predicted octanol–water partition coefficient (Wildman–Crippen LogP) is 5.88. The first-order valence-electron chi connectivity index (χ1n) is 11.2. The average molecular weight is 613 g/mol. The molecule has 0 aromatic heterocycles. The van der Waals surface area contributed by atoms with Crippen molar-refractivity contribution in [3.63, 3.8) is 0 Å². The molecule has 184 valence electrons. The molecule has 1 saturated heterocycles. The zero-order valence-corrected chi connectivity index (χ0v) is 22.6. The maximum atomic E-state index is 12.9. The Bertz CT molecular complexity index is 1320. The van der Waals surface area contributed by atoms with Gasteiger partial charge < -0.3 is 15.4 Å². The highest BCUT2D eigenvalue weighted by Crippen LogP contribution is 2.36. The summed E-state index contributed by atoms with van der Waals surface area (Å²) in [4.78, 5) is 38.8.